The quantitative estimate of drug-likeness (QED) is 0.899. The lowest BCUT2D eigenvalue weighted by atomic mass is 9.81. The average molecular weight is 272 g/mol. The Kier molecular flexibility index (Phi) is 4.06. The standard InChI is InChI=1S/C17H24N2O/c18-15-8-10-19(11-9-15)17(20)12-14-6-3-5-13-4-1-2-7-16(13)14/h1-2,4,7,14-15H,3,5-6,8-12,18H2. The summed E-state index contributed by atoms with van der Waals surface area (Å²) in [7, 11) is 0. The maximum atomic E-state index is 12.5. The van der Waals surface area contributed by atoms with E-state index in [2.05, 4.69) is 24.3 Å². The topological polar surface area (TPSA) is 46.3 Å². The van der Waals surface area contributed by atoms with Crippen LogP contribution in [-0.4, -0.2) is 29.9 Å². The van der Waals surface area contributed by atoms with Crippen LogP contribution in [0, 0.1) is 0 Å². The van der Waals surface area contributed by atoms with Crippen molar-refractivity contribution < 1.29 is 4.79 Å². The summed E-state index contributed by atoms with van der Waals surface area (Å²) in [6.45, 7) is 1.68. The van der Waals surface area contributed by atoms with Gasteiger partial charge in [-0.25, -0.2) is 0 Å². The van der Waals surface area contributed by atoms with E-state index in [1.165, 1.54) is 24.0 Å². The number of aryl methyl sites for hydroxylation is 1. The molecule has 1 aromatic carbocycles. The second-order valence-corrected chi connectivity index (χ2v) is 6.21. The highest BCUT2D eigenvalue weighted by atomic mass is 16.2. The Morgan fingerprint density at radius 1 is 1.20 bits per heavy atom. The van der Waals surface area contributed by atoms with E-state index in [-0.39, 0.29) is 6.04 Å². The molecule has 2 aliphatic rings. The molecule has 2 N–H and O–H groups in total. The van der Waals surface area contributed by atoms with Crippen LogP contribution in [0.4, 0.5) is 0 Å². The molecule has 0 spiro atoms. The third kappa shape index (κ3) is 2.88. The first kappa shape index (κ1) is 13.6. The SMILES string of the molecule is NC1CCN(C(=O)CC2CCCc3ccccc32)CC1. The molecule has 1 atom stereocenters. The first-order valence-corrected chi connectivity index (χ1v) is 7.85. The number of amides is 1. The normalized spacial score (nSPS) is 23.4. The zero-order valence-corrected chi connectivity index (χ0v) is 12.1. The predicted octanol–water partition coefficient (Wildman–Crippen LogP) is 2.45. The van der Waals surface area contributed by atoms with Crippen LogP contribution in [-0.2, 0) is 11.2 Å². The largest absolute Gasteiger partial charge is 0.343 e. The fraction of sp³-hybridized carbons (Fsp3) is 0.588. The molecule has 1 aromatic rings. The van der Waals surface area contributed by atoms with Crippen LogP contribution in [0.2, 0.25) is 0 Å². The van der Waals surface area contributed by atoms with Crippen LogP contribution in [0.1, 0.15) is 49.1 Å². The third-order valence-electron chi connectivity index (χ3n) is 4.81. The van der Waals surface area contributed by atoms with Gasteiger partial charge in [-0.15, -0.1) is 0 Å². The van der Waals surface area contributed by atoms with Crippen molar-refractivity contribution in [2.75, 3.05) is 13.1 Å². The van der Waals surface area contributed by atoms with E-state index in [9.17, 15) is 4.79 Å². The maximum absolute atomic E-state index is 12.5. The summed E-state index contributed by atoms with van der Waals surface area (Å²) < 4.78 is 0. The van der Waals surface area contributed by atoms with Crippen LogP contribution >= 0.6 is 0 Å². The minimum absolute atomic E-state index is 0.287. The van der Waals surface area contributed by atoms with Crippen LogP contribution in [0.5, 0.6) is 0 Å². The van der Waals surface area contributed by atoms with Gasteiger partial charge in [-0.1, -0.05) is 24.3 Å². The smallest absolute Gasteiger partial charge is 0.223 e. The number of nitrogens with zero attached hydrogens (tertiary/aromatic N) is 1. The molecule has 0 bridgehead atoms. The molecular formula is C17H24N2O. The minimum atomic E-state index is 0.287. The van der Waals surface area contributed by atoms with Gasteiger partial charge in [0.2, 0.25) is 5.91 Å². The molecule has 1 fully saturated rings. The maximum Gasteiger partial charge on any atom is 0.223 e. The molecule has 0 aromatic heterocycles. The van der Waals surface area contributed by atoms with E-state index < -0.39 is 0 Å². The van der Waals surface area contributed by atoms with E-state index >= 15 is 0 Å². The Labute approximate surface area is 121 Å². The summed E-state index contributed by atoms with van der Waals surface area (Å²) in [6, 6.07) is 8.91. The second kappa shape index (κ2) is 5.96. The number of rotatable bonds is 2. The molecule has 1 heterocycles. The molecule has 108 valence electrons. The Morgan fingerprint density at radius 3 is 2.75 bits per heavy atom. The molecule has 0 saturated carbocycles. The molecule has 3 nitrogen and oxygen atoms in total. The lowest BCUT2D eigenvalue weighted by Crippen LogP contribution is -2.43. The lowest BCUT2D eigenvalue weighted by molar-refractivity contribution is -0.132. The van der Waals surface area contributed by atoms with Crippen LogP contribution in [0.25, 0.3) is 0 Å². The van der Waals surface area contributed by atoms with Gasteiger partial charge < -0.3 is 10.6 Å². The summed E-state index contributed by atoms with van der Waals surface area (Å²) in [6.07, 6.45) is 6.10. The van der Waals surface area contributed by atoms with Crippen molar-refractivity contribution in [2.24, 2.45) is 5.73 Å². The molecule has 1 aliphatic carbocycles. The molecule has 0 radical (unpaired) electrons. The van der Waals surface area contributed by atoms with Crippen LogP contribution in [0.3, 0.4) is 0 Å². The van der Waals surface area contributed by atoms with E-state index in [1.54, 1.807) is 0 Å². The number of nitrogens with two attached hydrogens (primary N) is 1. The second-order valence-electron chi connectivity index (χ2n) is 6.21. The van der Waals surface area contributed by atoms with Gasteiger partial charge in [-0.3, -0.25) is 4.79 Å². The first-order chi connectivity index (χ1) is 9.74. The van der Waals surface area contributed by atoms with Crippen molar-refractivity contribution in [3.05, 3.63) is 35.4 Å². The summed E-state index contributed by atoms with van der Waals surface area (Å²) >= 11 is 0. The summed E-state index contributed by atoms with van der Waals surface area (Å²) in [5.74, 6) is 0.738. The number of hydrogen-bond acceptors (Lipinski definition) is 2. The zero-order chi connectivity index (χ0) is 13.9. The Balaban J connectivity index is 1.65. The van der Waals surface area contributed by atoms with E-state index in [1.807, 2.05) is 4.90 Å². The Hall–Kier alpha value is -1.35. The Morgan fingerprint density at radius 2 is 1.95 bits per heavy atom. The zero-order valence-electron chi connectivity index (χ0n) is 12.1. The fourth-order valence-electron chi connectivity index (χ4n) is 3.56. The summed E-state index contributed by atoms with van der Waals surface area (Å²) in [5, 5.41) is 0. The van der Waals surface area contributed by atoms with Crippen molar-refractivity contribution >= 4 is 5.91 Å². The van der Waals surface area contributed by atoms with Crippen LogP contribution < -0.4 is 5.73 Å². The van der Waals surface area contributed by atoms with Gasteiger partial charge >= 0.3 is 0 Å². The number of likely N-dealkylation sites (tertiary alicyclic amines) is 1. The predicted molar refractivity (Wildman–Crippen MR) is 80.5 cm³/mol. The van der Waals surface area contributed by atoms with E-state index in [0.29, 0.717) is 18.2 Å². The van der Waals surface area contributed by atoms with Gasteiger partial charge in [0.1, 0.15) is 0 Å². The van der Waals surface area contributed by atoms with E-state index in [0.717, 1.165) is 32.4 Å². The summed E-state index contributed by atoms with van der Waals surface area (Å²) in [4.78, 5) is 14.5. The number of piperidine rings is 1. The van der Waals surface area contributed by atoms with Crippen molar-refractivity contribution in [2.45, 2.75) is 50.5 Å². The van der Waals surface area contributed by atoms with Gasteiger partial charge in [-0.2, -0.15) is 0 Å². The van der Waals surface area contributed by atoms with Crippen molar-refractivity contribution in [3.8, 4) is 0 Å². The van der Waals surface area contributed by atoms with Crippen molar-refractivity contribution in [1.82, 2.24) is 4.90 Å². The summed E-state index contributed by atoms with van der Waals surface area (Å²) in [5.41, 5.74) is 8.75. The first-order valence-electron chi connectivity index (χ1n) is 7.85. The molecule has 3 rings (SSSR count). The van der Waals surface area contributed by atoms with Gasteiger partial charge in [0.15, 0.2) is 0 Å². The van der Waals surface area contributed by atoms with Gasteiger partial charge in [0.25, 0.3) is 0 Å². The number of fused-ring (bicyclic) bond motifs is 1. The lowest BCUT2D eigenvalue weighted by Gasteiger charge is -2.32. The monoisotopic (exact) mass is 272 g/mol. The number of carbonyl (C=O) groups excluding carboxylic acids is 1. The van der Waals surface area contributed by atoms with Gasteiger partial charge in [-0.05, 0) is 49.1 Å². The molecule has 1 saturated heterocycles. The number of benzene rings is 1. The Bertz CT molecular complexity index is 478. The average Bonchev–Trinajstić information content (AvgIpc) is 2.48. The highest BCUT2D eigenvalue weighted by Gasteiger charge is 2.26. The third-order valence-corrected chi connectivity index (χ3v) is 4.81. The molecule has 1 unspecified atom stereocenters. The minimum Gasteiger partial charge on any atom is -0.343 e. The molecule has 1 aliphatic heterocycles. The van der Waals surface area contributed by atoms with Crippen molar-refractivity contribution in [3.63, 3.8) is 0 Å². The van der Waals surface area contributed by atoms with E-state index in [4.69, 9.17) is 5.73 Å². The van der Waals surface area contributed by atoms with Crippen LogP contribution in [0.15, 0.2) is 24.3 Å². The van der Waals surface area contributed by atoms with Gasteiger partial charge in [0, 0.05) is 25.6 Å². The highest BCUT2D eigenvalue weighted by Crippen LogP contribution is 2.34. The number of carbonyl (C=O) groups is 1. The molecule has 3 heteroatoms. The molecular weight excluding hydrogens is 248 g/mol. The number of hydrogen-bond donors (Lipinski definition) is 1. The molecule has 20 heavy (non-hydrogen) atoms. The van der Waals surface area contributed by atoms with Crippen molar-refractivity contribution in [1.29, 1.82) is 0 Å². The fourth-order valence-corrected chi connectivity index (χ4v) is 3.56. The highest BCUT2D eigenvalue weighted by molar-refractivity contribution is 5.77. The molecule has 1 amide bonds. The van der Waals surface area contributed by atoms with Gasteiger partial charge in [0.05, 0.1) is 0 Å².